The molecule has 0 radical (unpaired) electrons. The molecule has 1 aromatic heterocycles. The first-order chi connectivity index (χ1) is 25.8. The average molecular weight is 749 g/mol. The van der Waals surface area contributed by atoms with Gasteiger partial charge < -0.3 is 25.2 Å². The molecule has 3 aliphatic heterocycles. The summed E-state index contributed by atoms with van der Waals surface area (Å²) in [6.07, 6.45) is 9.17. The Balaban J connectivity index is 0.862. The van der Waals surface area contributed by atoms with Crippen LogP contribution < -0.4 is 30.1 Å². The summed E-state index contributed by atoms with van der Waals surface area (Å²) in [5.74, 6) is 1.16. The molecule has 0 atom stereocenters. The van der Waals surface area contributed by atoms with Crippen molar-refractivity contribution >= 4 is 40.6 Å². The minimum absolute atomic E-state index is 0.0921. The monoisotopic (exact) mass is 748 g/mol. The summed E-state index contributed by atoms with van der Waals surface area (Å²) in [5.41, 5.74) is 3.88. The number of pyridine rings is 1. The first kappa shape index (κ1) is 37.3. The first-order valence-corrected chi connectivity index (χ1v) is 19.1. The van der Waals surface area contributed by atoms with Gasteiger partial charge in [-0.15, -0.1) is 0 Å². The molecule has 282 valence electrons. The molecule has 0 bridgehead atoms. The summed E-state index contributed by atoms with van der Waals surface area (Å²) in [6.45, 7) is 19.2. The van der Waals surface area contributed by atoms with E-state index in [1.165, 1.54) is 0 Å². The molecule has 7 rings (SSSR count). The standard InChI is InChI=1S/C42H49ClN8O3/c1-28-12-17-51(40(53)46-28)34-22-33(25-45-26-34)49-15-13-29(14-16-49)27-48-18-20-50(21-19-48)32-9-6-30(7-10-32)37(52)47-38-41(2,3)39(42(38,4)5)54-35-11-8-31(24-44)36(43)23-35/h6-12,17,22-23,25-26,29,38-39H,1,13-16,18-21,27H2,2-5H3,(H,46,53)(H,47,52). The van der Waals surface area contributed by atoms with Crippen LogP contribution >= 0.6 is 11.6 Å². The number of hydrogen-bond acceptors (Lipinski definition) is 8. The molecule has 3 fully saturated rings. The Morgan fingerprint density at radius 2 is 1.63 bits per heavy atom. The van der Waals surface area contributed by atoms with Crippen molar-refractivity contribution in [3.05, 3.63) is 102 Å². The highest BCUT2D eigenvalue weighted by atomic mass is 35.5. The number of rotatable bonds is 9. The predicted octanol–water partition coefficient (Wildman–Crippen LogP) is 6.81. The number of allylic oxidation sites excluding steroid dienone is 1. The van der Waals surface area contributed by atoms with Crippen LogP contribution in [0.15, 0.2) is 85.5 Å². The molecule has 2 N–H and O–H groups in total. The average Bonchev–Trinajstić information content (AvgIpc) is 3.16. The van der Waals surface area contributed by atoms with Gasteiger partial charge in [0.2, 0.25) is 0 Å². The van der Waals surface area contributed by atoms with Gasteiger partial charge >= 0.3 is 6.03 Å². The van der Waals surface area contributed by atoms with Gasteiger partial charge in [-0.1, -0.05) is 45.9 Å². The maximum atomic E-state index is 13.5. The number of piperidine rings is 1. The normalized spacial score (nSPS) is 22.6. The van der Waals surface area contributed by atoms with E-state index in [1.54, 1.807) is 41.6 Å². The molecule has 1 saturated carbocycles. The van der Waals surface area contributed by atoms with Crippen LogP contribution in [0.5, 0.6) is 5.75 Å². The molecule has 1 aliphatic carbocycles. The van der Waals surface area contributed by atoms with E-state index in [0.29, 0.717) is 33.5 Å². The van der Waals surface area contributed by atoms with Gasteiger partial charge in [-0.3, -0.25) is 19.6 Å². The second kappa shape index (κ2) is 15.0. The third kappa shape index (κ3) is 7.50. The van der Waals surface area contributed by atoms with E-state index in [-0.39, 0.29) is 34.9 Å². The van der Waals surface area contributed by atoms with Crippen molar-refractivity contribution in [1.82, 2.24) is 20.5 Å². The van der Waals surface area contributed by atoms with Crippen molar-refractivity contribution in [3.8, 4) is 11.8 Å². The van der Waals surface area contributed by atoms with Gasteiger partial charge in [0.1, 0.15) is 17.9 Å². The molecule has 4 heterocycles. The number of halogens is 1. The Morgan fingerprint density at radius 1 is 0.963 bits per heavy atom. The zero-order valence-electron chi connectivity index (χ0n) is 31.5. The lowest BCUT2D eigenvalue weighted by Gasteiger charge is -2.63. The molecule has 2 aromatic carbocycles. The van der Waals surface area contributed by atoms with Crippen molar-refractivity contribution < 1.29 is 14.3 Å². The number of benzene rings is 2. The maximum Gasteiger partial charge on any atom is 0.330 e. The van der Waals surface area contributed by atoms with Crippen molar-refractivity contribution in [2.45, 2.75) is 52.7 Å². The largest absolute Gasteiger partial charge is 0.489 e. The quantitative estimate of drug-likeness (QED) is 0.245. The molecular weight excluding hydrogens is 700 g/mol. The fourth-order valence-electron chi connectivity index (χ4n) is 8.96. The van der Waals surface area contributed by atoms with E-state index in [0.717, 1.165) is 75.7 Å². The number of hydrogen-bond donors (Lipinski definition) is 2. The minimum atomic E-state index is -0.331. The van der Waals surface area contributed by atoms with Gasteiger partial charge in [0.15, 0.2) is 0 Å². The number of carbonyl (C=O) groups is 2. The zero-order chi connectivity index (χ0) is 38.2. The van der Waals surface area contributed by atoms with Gasteiger partial charge in [0.05, 0.1) is 34.4 Å². The number of aromatic nitrogens is 1. The molecule has 0 spiro atoms. The second-order valence-electron chi connectivity index (χ2n) is 16.1. The predicted molar refractivity (Wildman–Crippen MR) is 213 cm³/mol. The summed E-state index contributed by atoms with van der Waals surface area (Å²) < 4.78 is 6.39. The van der Waals surface area contributed by atoms with Crippen LogP contribution in [0.4, 0.5) is 21.9 Å². The fourth-order valence-corrected chi connectivity index (χ4v) is 9.17. The SMILES string of the molecule is C=C1C=CN(c2cncc(N3CCC(CN4CCN(c5ccc(C(=O)NC6C(C)(C)C(Oc7ccc(C#N)c(Cl)c7)C6(C)C)cc5)CC4)CC3)c2)C(=O)N1. The number of piperazine rings is 1. The molecule has 0 unspecified atom stereocenters. The summed E-state index contributed by atoms with van der Waals surface area (Å²) in [5, 5.41) is 15.6. The highest BCUT2D eigenvalue weighted by Crippen LogP contribution is 2.55. The van der Waals surface area contributed by atoms with E-state index in [2.05, 4.69) is 82.8 Å². The number of nitriles is 1. The smallest absolute Gasteiger partial charge is 0.330 e. The summed E-state index contributed by atoms with van der Waals surface area (Å²) in [6, 6.07) is 16.9. The van der Waals surface area contributed by atoms with E-state index in [1.807, 2.05) is 24.4 Å². The number of ether oxygens (including phenoxy) is 1. The van der Waals surface area contributed by atoms with Crippen LogP contribution in [0.1, 0.15) is 56.5 Å². The van der Waals surface area contributed by atoms with E-state index in [4.69, 9.17) is 16.3 Å². The van der Waals surface area contributed by atoms with Crippen LogP contribution in [0, 0.1) is 28.1 Å². The van der Waals surface area contributed by atoms with Gasteiger partial charge in [0, 0.05) is 91.9 Å². The molecule has 3 amide bonds. The number of anilines is 3. The Kier molecular flexibility index (Phi) is 10.4. The molecule has 11 nitrogen and oxygen atoms in total. The van der Waals surface area contributed by atoms with Crippen LogP contribution in [0.3, 0.4) is 0 Å². The summed E-state index contributed by atoms with van der Waals surface area (Å²) in [4.78, 5) is 39.3. The van der Waals surface area contributed by atoms with E-state index < -0.39 is 0 Å². The van der Waals surface area contributed by atoms with Gasteiger partial charge in [0.25, 0.3) is 5.91 Å². The number of nitrogens with zero attached hydrogens (tertiary/aromatic N) is 6. The highest BCUT2D eigenvalue weighted by molar-refractivity contribution is 6.31. The number of nitrogens with one attached hydrogen (secondary N) is 2. The van der Waals surface area contributed by atoms with Crippen molar-refractivity contribution in [2.24, 2.45) is 16.7 Å². The lowest BCUT2D eigenvalue weighted by atomic mass is 9.49. The first-order valence-electron chi connectivity index (χ1n) is 18.8. The number of amides is 3. The van der Waals surface area contributed by atoms with Gasteiger partial charge in [-0.25, -0.2) is 4.79 Å². The Bertz CT molecular complexity index is 1960. The molecule has 12 heteroatoms. The third-order valence-corrected chi connectivity index (χ3v) is 12.0. The Labute approximate surface area is 323 Å². The highest BCUT2D eigenvalue weighted by Gasteiger charge is 2.64. The van der Waals surface area contributed by atoms with Crippen LogP contribution in [-0.4, -0.2) is 79.8 Å². The number of urea groups is 1. The van der Waals surface area contributed by atoms with Gasteiger partial charge in [-0.05, 0) is 67.3 Å². The molecular formula is C42H49ClN8O3. The van der Waals surface area contributed by atoms with E-state index in [9.17, 15) is 14.9 Å². The minimum Gasteiger partial charge on any atom is -0.489 e. The van der Waals surface area contributed by atoms with Crippen LogP contribution in [0.25, 0.3) is 0 Å². The molecule has 4 aliphatic rings. The second-order valence-corrected chi connectivity index (χ2v) is 16.5. The lowest BCUT2D eigenvalue weighted by molar-refractivity contribution is -0.164. The number of carbonyl (C=O) groups excluding carboxylic acids is 2. The van der Waals surface area contributed by atoms with Crippen LogP contribution in [-0.2, 0) is 0 Å². The maximum absolute atomic E-state index is 13.5. The molecule has 54 heavy (non-hydrogen) atoms. The topological polar surface area (TPSA) is 117 Å². The van der Waals surface area contributed by atoms with Crippen molar-refractivity contribution in [1.29, 1.82) is 5.26 Å². The van der Waals surface area contributed by atoms with Gasteiger partial charge in [-0.2, -0.15) is 5.26 Å². The Morgan fingerprint density at radius 3 is 2.28 bits per heavy atom. The molecule has 3 aromatic rings. The summed E-state index contributed by atoms with van der Waals surface area (Å²) in [7, 11) is 0. The Hall–Kier alpha value is -5.05. The van der Waals surface area contributed by atoms with Crippen molar-refractivity contribution in [2.75, 3.05) is 60.5 Å². The van der Waals surface area contributed by atoms with Crippen LogP contribution in [0.2, 0.25) is 5.02 Å². The summed E-state index contributed by atoms with van der Waals surface area (Å²) >= 11 is 6.25. The fraction of sp³-hybridized carbons (Fsp3) is 0.429. The molecule has 2 saturated heterocycles. The van der Waals surface area contributed by atoms with E-state index >= 15 is 0 Å². The lowest BCUT2D eigenvalue weighted by Crippen LogP contribution is -2.74. The third-order valence-electron chi connectivity index (χ3n) is 11.7. The van der Waals surface area contributed by atoms with Crippen molar-refractivity contribution in [3.63, 3.8) is 0 Å². The zero-order valence-corrected chi connectivity index (χ0v) is 32.3.